The predicted molar refractivity (Wildman–Crippen MR) is 80.3 cm³/mol. The fraction of sp³-hybridized carbons (Fsp3) is 0.600. The monoisotopic (exact) mass is 282 g/mol. The van der Waals surface area contributed by atoms with Crippen LogP contribution in [-0.4, -0.2) is 56.7 Å². The van der Waals surface area contributed by atoms with Crippen LogP contribution in [0.2, 0.25) is 0 Å². The fourth-order valence-corrected chi connectivity index (χ4v) is 2.82. The number of halogens is 1. The van der Waals surface area contributed by atoms with Crippen LogP contribution in [0.3, 0.4) is 0 Å². The van der Waals surface area contributed by atoms with Gasteiger partial charge in [0, 0.05) is 38.3 Å². The smallest absolute Gasteiger partial charge is 0.123 e. The average molecular weight is 283 g/mol. The molecule has 4 heteroatoms. The van der Waals surface area contributed by atoms with Gasteiger partial charge in [0.05, 0.1) is 12.5 Å². The molecule has 106 valence electrons. The summed E-state index contributed by atoms with van der Waals surface area (Å²) in [7, 11) is 3.87. The third-order valence-electron chi connectivity index (χ3n) is 3.74. The Labute approximate surface area is 121 Å². The molecule has 0 saturated carbocycles. The van der Waals surface area contributed by atoms with Crippen molar-refractivity contribution in [2.45, 2.75) is 12.3 Å². The first-order valence-corrected chi connectivity index (χ1v) is 7.23. The molecule has 0 bridgehead atoms. The first-order chi connectivity index (χ1) is 9.10. The van der Waals surface area contributed by atoms with Gasteiger partial charge in [0.2, 0.25) is 0 Å². The van der Waals surface area contributed by atoms with Crippen LogP contribution in [-0.2, 0) is 0 Å². The van der Waals surface area contributed by atoms with Crippen molar-refractivity contribution in [2.75, 3.05) is 46.9 Å². The summed E-state index contributed by atoms with van der Waals surface area (Å²) in [4.78, 5) is 4.78. The summed E-state index contributed by atoms with van der Waals surface area (Å²) in [5.41, 5.74) is 2.32. The summed E-state index contributed by atoms with van der Waals surface area (Å²) >= 11 is 6.60. The standard InChI is InChI=1S/C15H23ClN2O/c1-12-4-5-15(19-3)13(10-12)14(16)11-18-8-6-17(2)7-9-18/h4-5,10,14H,6-9,11H2,1-3H3. The number of ether oxygens (including phenoxy) is 1. The Balaban J connectivity index is 2.03. The zero-order chi connectivity index (χ0) is 13.8. The second-order valence-corrected chi connectivity index (χ2v) is 5.84. The van der Waals surface area contributed by atoms with Crippen LogP contribution in [0.5, 0.6) is 5.75 Å². The van der Waals surface area contributed by atoms with Gasteiger partial charge in [-0.25, -0.2) is 0 Å². The number of piperazine rings is 1. The maximum Gasteiger partial charge on any atom is 0.123 e. The average Bonchev–Trinajstić information content (AvgIpc) is 2.41. The number of hydrogen-bond acceptors (Lipinski definition) is 3. The van der Waals surface area contributed by atoms with Gasteiger partial charge in [0.15, 0.2) is 0 Å². The summed E-state index contributed by atoms with van der Waals surface area (Å²) in [6.07, 6.45) is 0. The minimum absolute atomic E-state index is 0.0155. The molecule has 0 N–H and O–H groups in total. The van der Waals surface area contributed by atoms with Crippen molar-refractivity contribution >= 4 is 11.6 Å². The maximum absolute atomic E-state index is 6.60. The SMILES string of the molecule is COc1ccc(C)cc1C(Cl)CN1CCN(C)CC1. The zero-order valence-electron chi connectivity index (χ0n) is 12.0. The minimum Gasteiger partial charge on any atom is -0.496 e. The second-order valence-electron chi connectivity index (χ2n) is 5.32. The minimum atomic E-state index is -0.0155. The topological polar surface area (TPSA) is 15.7 Å². The summed E-state index contributed by atoms with van der Waals surface area (Å²) in [5, 5.41) is -0.0155. The molecular formula is C15H23ClN2O. The van der Waals surface area contributed by atoms with E-state index in [1.165, 1.54) is 5.56 Å². The van der Waals surface area contributed by atoms with Gasteiger partial charge in [0.25, 0.3) is 0 Å². The van der Waals surface area contributed by atoms with Crippen LogP contribution >= 0.6 is 11.6 Å². The van der Waals surface area contributed by atoms with Gasteiger partial charge in [-0.15, -0.1) is 11.6 Å². The van der Waals surface area contributed by atoms with Gasteiger partial charge in [-0.1, -0.05) is 17.7 Å². The highest BCUT2D eigenvalue weighted by Gasteiger charge is 2.20. The number of alkyl halides is 1. The molecule has 0 amide bonds. The number of likely N-dealkylation sites (N-methyl/N-ethyl adjacent to an activating group) is 1. The zero-order valence-corrected chi connectivity index (χ0v) is 12.8. The first kappa shape index (κ1) is 14.6. The van der Waals surface area contributed by atoms with Gasteiger partial charge >= 0.3 is 0 Å². The number of benzene rings is 1. The van der Waals surface area contributed by atoms with E-state index in [9.17, 15) is 0 Å². The van der Waals surface area contributed by atoms with Gasteiger partial charge in [-0.2, -0.15) is 0 Å². The highest BCUT2D eigenvalue weighted by molar-refractivity contribution is 6.21. The van der Waals surface area contributed by atoms with Gasteiger partial charge in [0.1, 0.15) is 5.75 Å². The van der Waals surface area contributed by atoms with E-state index in [2.05, 4.69) is 35.9 Å². The van der Waals surface area contributed by atoms with Crippen LogP contribution in [0, 0.1) is 6.92 Å². The number of methoxy groups -OCH3 is 1. The Morgan fingerprint density at radius 1 is 1.26 bits per heavy atom. The Morgan fingerprint density at radius 3 is 2.58 bits per heavy atom. The molecule has 1 aliphatic heterocycles. The third-order valence-corrected chi connectivity index (χ3v) is 4.11. The molecule has 3 nitrogen and oxygen atoms in total. The van der Waals surface area contributed by atoms with Crippen LogP contribution < -0.4 is 4.74 Å². The highest BCUT2D eigenvalue weighted by atomic mass is 35.5. The lowest BCUT2D eigenvalue weighted by molar-refractivity contribution is 0.154. The Kier molecular flexibility index (Phi) is 5.08. The molecule has 1 aromatic carbocycles. The third kappa shape index (κ3) is 3.85. The quantitative estimate of drug-likeness (QED) is 0.790. The predicted octanol–water partition coefficient (Wildman–Crippen LogP) is 2.53. The van der Waals surface area contributed by atoms with Crippen LogP contribution in [0.15, 0.2) is 18.2 Å². The molecule has 0 radical (unpaired) electrons. The molecule has 1 atom stereocenters. The molecule has 0 spiro atoms. The largest absolute Gasteiger partial charge is 0.496 e. The van der Waals surface area contributed by atoms with E-state index in [0.717, 1.165) is 44.0 Å². The molecule has 1 aliphatic rings. The number of hydrogen-bond donors (Lipinski definition) is 0. The summed E-state index contributed by atoms with van der Waals surface area (Å²) in [6.45, 7) is 7.39. The lowest BCUT2D eigenvalue weighted by atomic mass is 10.1. The van der Waals surface area contributed by atoms with E-state index in [4.69, 9.17) is 16.3 Å². The highest BCUT2D eigenvalue weighted by Crippen LogP contribution is 2.31. The number of aryl methyl sites for hydroxylation is 1. The van der Waals surface area contributed by atoms with Crippen LogP contribution in [0.25, 0.3) is 0 Å². The molecule has 1 aromatic rings. The van der Waals surface area contributed by atoms with E-state index < -0.39 is 0 Å². The van der Waals surface area contributed by atoms with E-state index in [0.29, 0.717) is 0 Å². The van der Waals surface area contributed by atoms with E-state index >= 15 is 0 Å². The molecule has 0 aromatic heterocycles. The molecule has 1 fully saturated rings. The van der Waals surface area contributed by atoms with E-state index in [1.807, 2.05) is 6.07 Å². The Hall–Kier alpha value is -0.770. The van der Waals surface area contributed by atoms with Gasteiger partial charge < -0.3 is 9.64 Å². The van der Waals surface area contributed by atoms with Crippen molar-refractivity contribution in [3.8, 4) is 5.75 Å². The van der Waals surface area contributed by atoms with Crippen LogP contribution in [0.4, 0.5) is 0 Å². The number of nitrogens with zero attached hydrogens (tertiary/aromatic N) is 2. The molecule has 0 aliphatic carbocycles. The summed E-state index contributed by atoms with van der Waals surface area (Å²) in [6, 6.07) is 6.19. The van der Waals surface area contributed by atoms with Crippen molar-refractivity contribution in [1.29, 1.82) is 0 Å². The van der Waals surface area contributed by atoms with E-state index in [1.54, 1.807) is 7.11 Å². The van der Waals surface area contributed by atoms with Crippen LogP contribution in [0.1, 0.15) is 16.5 Å². The molecule has 1 unspecified atom stereocenters. The van der Waals surface area contributed by atoms with Crippen molar-refractivity contribution in [3.63, 3.8) is 0 Å². The van der Waals surface area contributed by atoms with Crippen molar-refractivity contribution in [1.82, 2.24) is 9.80 Å². The molecule has 2 rings (SSSR count). The lowest BCUT2D eigenvalue weighted by Crippen LogP contribution is -2.45. The van der Waals surface area contributed by atoms with E-state index in [-0.39, 0.29) is 5.38 Å². The van der Waals surface area contributed by atoms with Crippen molar-refractivity contribution in [2.24, 2.45) is 0 Å². The first-order valence-electron chi connectivity index (χ1n) is 6.79. The summed E-state index contributed by atoms with van der Waals surface area (Å²) in [5.74, 6) is 0.889. The fourth-order valence-electron chi connectivity index (χ4n) is 2.45. The van der Waals surface area contributed by atoms with Crippen molar-refractivity contribution in [3.05, 3.63) is 29.3 Å². The normalized spacial score (nSPS) is 19.4. The number of rotatable bonds is 4. The van der Waals surface area contributed by atoms with Gasteiger partial charge in [-0.3, -0.25) is 4.90 Å². The molecular weight excluding hydrogens is 260 g/mol. The Bertz CT molecular complexity index is 417. The molecule has 1 heterocycles. The summed E-state index contributed by atoms with van der Waals surface area (Å²) < 4.78 is 5.42. The van der Waals surface area contributed by atoms with Gasteiger partial charge in [-0.05, 0) is 20.0 Å². The Morgan fingerprint density at radius 2 is 1.95 bits per heavy atom. The second kappa shape index (κ2) is 6.60. The maximum atomic E-state index is 6.60. The van der Waals surface area contributed by atoms with Crippen molar-refractivity contribution < 1.29 is 4.74 Å². The molecule has 19 heavy (non-hydrogen) atoms. The molecule has 1 saturated heterocycles. The lowest BCUT2D eigenvalue weighted by Gasteiger charge is -2.33.